The van der Waals surface area contributed by atoms with Gasteiger partial charge in [0.25, 0.3) is 5.91 Å². The molecular weight excluding hydrogens is 324 g/mol. The minimum atomic E-state index is -0.102. The first-order valence-electron chi connectivity index (χ1n) is 8.80. The number of nitrogens with zero attached hydrogens (tertiary/aromatic N) is 1. The molecular formula is C22H24N2O2. The topological polar surface area (TPSA) is 41.6 Å². The van der Waals surface area contributed by atoms with Crippen molar-refractivity contribution in [1.82, 2.24) is 5.32 Å². The average Bonchev–Trinajstić information content (AvgIpc) is 2.70. The van der Waals surface area contributed by atoms with Gasteiger partial charge in [-0.05, 0) is 41.5 Å². The SMILES string of the molecule is COc1cc2ccccc2cc1C(=O)NCCCN(C)c1ccccc1. The van der Waals surface area contributed by atoms with E-state index < -0.39 is 0 Å². The molecule has 0 aromatic heterocycles. The third-order valence-corrected chi connectivity index (χ3v) is 4.47. The van der Waals surface area contributed by atoms with Gasteiger partial charge in [0.05, 0.1) is 12.7 Å². The number of methoxy groups -OCH3 is 1. The van der Waals surface area contributed by atoms with Gasteiger partial charge in [-0.1, -0.05) is 42.5 Å². The van der Waals surface area contributed by atoms with Crippen LogP contribution in [0.3, 0.4) is 0 Å². The molecule has 0 saturated heterocycles. The largest absolute Gasteiger partial charge is 0.496 e. The minimum Gasteiger partial charge on any atom is -0.496 e. The predicted molar refractivity (Wildman–Crippen MR) is 107 cm³/mol. The first-order valence-corrected chi connectivity index (χ1v) is 8.80. The number of para-hydroxylation sites is 1. The second kappa shape index (κ2) is 8.39. The molecule has 0 spiro atoms. The van der Waals surface area contributed by atoms with Gasteiger partial charge in [-0.25, -0.2) is 0 Å². The van der Waals surface area contributed by atoms with Crippen molar-refractivity contribution in [2.45, 2.75) is 6.42 Å². The number of ether oxygens (including phenoxy) is 1. The fourth-order valence-electron chi connectivity index (χ4n) is 2.99. The Morgan fingerprint density at radius 1 is 1.00 bits per heavy atom. The van der Waals surface area contributed by atoms with Gasteiger partial charge >= 0.3 is 0 Å². The maximum Gasteiger partial charge on any atom is 0.255 e. The maximum atomic E-state index is 12.6. The number of rotatable bonds is 7. The van der Waals surface area contributed by atoms with Crippen LogP contribution in [0.1, 0.15) is 16.8 Å². The summed E-state index contributed by atoms with van der Waals surface area (Å²) in [4.78, 5) is 14.8. The zero-order valence-electron chi connectivity index (χ0n) is 15.2. The Balaban J connectivity index is 1.59. The summed E-state index contributed by atoms with van der Waals surface area (Å²) < 4.78 is 5.41. The number of carbonyl (C=O) groups is 1. The van der Waals surface area contributed by atoms with Crippen LogP contribution < -0.4 is 15.0 Å². The summed E-state index contributed by atoms with van der Waals surface area (Å²) in [7, 11) is 3.65. The minimum absolute atomic E-state index is 0.102. The van der Waals surface area contributed by atoms with Crippen LogP contribution in [0.5, 0.6) is 5.75 Å². The molecule has 0 heterocycles. The molecule has 3 rings (SSSR count). The van der Waals surface area contributed by atoms with E-state index in [9.17, 15) is 4.79 Å². The second-order valence-corrected chi connectivity index (χ2v) is 6.27. The third kappa shape index (κ3) is 4.14. The van der Waals surface area contributed by atoms with Crippen LogP contribution in [-0.2, 0) is 0 Å². The van der Waals surface area contributed by atoms with Crippen LogP contribution in [0.15, 0.2) is 66.7 Å². The van der Waals surface area contributed by atoms with Crippen molar-refractivity contribution >= 4 is 22.4 Å². The Hall–Kier alpha value is -3.01. The van der Waals surface area contributed by atoms with Gasteiger partial charge in [-0.15, -0.1) is 0 Å². The quantitative estimate of drug-likeness (QED) is 0.654. The highest BCUT2D eigenvalue weighted by Crippen LogP contribution is 2.25. The van der Waals surface area contributed by atoms with E-state index in [0.29, 0.717) is 17.9 Å². The molecule has 0 bridgehead atoms. The first-order chi connectivity index (χ1) is 12.7. The lowest BCUT2D eigenvalue weighted by Crippen LogP contribution is -2.28. The van der Waals surface area contributed by atoms with E-state index in [-0.39, 0.29) is 5.91 Å². The van der Waals surface area contributed by atoms with Crippen molar-refractivity contribution in [1.29, 1.82) is 0 Å². The summed E-state index contributed by atoms with van der Waals surface area (Å²) in [5.41, 5.74) is 1.75. The molecule has 1 N–H and O–H groups in total. The molecule has 4 heteroatoms. The zero-order valence-corrected chi connectivity index (χ0v) is 15.2. The highest BCUT2D eigenvalue weighted by atomic mass is 16.5. The van der Waals surface area contributed by atoms with Crippen LogP contribution in [-0.4, -0.2) is 33.2 Å². The van der Waals surface area contributed by atoms with E-state index in [0.717, 1.165) is 23.7 Å². The Labute approximate surface area is 154 Å². The van der Waals surface area contributed by atoms with Crippen LogP contribution in [0, 0.1) is 0 Å². The summed E-state index contributed by atoms with van der Waals surface area (Å²) in [5, 5.41) is 5.09. The molecule has 26 heavy (non-hydrogen) atoms. The lowest BCUT2D eigenvalue weighted by molar-refractivity contribution is 0.0950. The summed E-state index contributed by atoms with van der Waals surface area (Å²) in [6, 6.07) is 22.0. The second-order valence-electron chi connectivity index (χ2n) is 6.27. The smallest absolute Gasteiger partial charge is 0.255 e. The van der Waals surface area contributed by atoms with Crippen LogP contribution in [0.25, 0.3) is 10.8 Å². The lowest BCUT2D eigenvalue weighted by atomic mass is 10.1. The van der Waals surface area contributed by atoms with Crippen molar-refractivity contribution in [3.8, 4) is 5.75 Å². The van der Waals surface area contributed by atoms with E-state index in [1.54, 1.807) is 7.11 Å². The van der Waals surface area contributed by atoms with Crippen molar-refractivity contribution in [3.05, 3.63) is 72.3 Å². The van der Waals surface area contributed by atoms with Crippen LogP contribution in [0.2, 0.25) is 0 Å². The van der Waals surface area contributed by atoms with Gasteiger partial charge in [0.15, 0.2) is 0 Å². The molecule has 0 aliphatic rings. The molecule has 0 aliphatic carbocycles. The Morgan fingerprint density at radius 3 is 2.35 bits per heavy atom. The number of amides is 1. The van der Waals surface area contributed by atoms with Crippen molar-refractivity contribution in [3.63, 3.8) is 0 Å². The predicted octanol–water partition coefficient (Wildman–Crippen LogP) is 4.10. The molecule has 3 aromatic rings. The number of benzene rings is 3. The average molecular weight is 348 g/mol. The molecule has 4 nitrogen and oxygen atoms in total. The Morgan fingerprint density at radius 2 is 1.65 bits per heavy atom. The van der Waals surface area contributed by atoms with Gasteiger partial charge in [0.2, 0.25) is 0 Å². The first kappa shape index (κ1) is 17.8. The summed E-state index contributed by atoms with van der Waals surface area (Å²) in [6.07, 6.45) is 0.868. The Bertz CT molecular complexity index is 878. The highest BCUT2D eigenvalue weighted by molar-refractivity contribution is 6.01. The molecule has 134 valence electrons. The normalized spacial score (nSPS) is 10.5. The van der Waals surface area contributed by atoms with E-state index in [1.165, 1.54) is 5.69 Å². The fraction of sp³-hybridized carbons (Fsp3) is 0.227. The van der Waals surface area contributed by atoms with Gasteiger partial charge in [0.1, 0.15) is 5.75 Å². The molecule has 3 aromatic carbocycles. The molecule has 0 unspecified atom stereocenters. The molecule has 0 saturated carbocycles. The zero-order chi connectivity index (χ0) is 18.4. The fourth-order valence-corrected chi connectivity index (χ4v) is 2.99. The van der Waals surface area contributed by atoms with E-state index in [4.69, 9.17) is 4.74 Å². The standard InChI is InChI=1S/C22H24N2O2/c1-24(19-11-4-3-5-12-19)14-8-13-23-22(25)20-15-17-9-6-7-10-18(17)16-21(20)26-2/h3-7,9-12,15-16H,8,13-14H2,1-2H3,(H,23,25). The molecule has 0 fully saturated rings. The van der Waals surface area contributed by atoms with Crippen LogP contribution >= 0.6 is 0 Å². The summed E-state index contributed by atoms with van der Waals surface area (Å²) in [6.45, 7) is 1.49. The number of hydrogen-bond donors (Lipinski definition) is 1. The van der Waals surface area contributed by atoms with Gasteiger partial charge in [-0.2, -0.15) is 0 Å². The van der Waals surface area contributed by atoms with E-state index in [1.807, 2.05) is 54.6 Å². The van der Waals surface area contributed by atoms with E-state index in [2.05, 4.69) is 29.4 Å². The number of nitrogens with one attached hydrogen (secondary N) is 1. The van der Waals surface area contributed by atoms with Gasteiger partial charge in [0, 0.05) is 25.8 Å². The highest BCUT2D eigenvalue weighted by Gasteiger charge is 2.13. The van der Waals surface area contributed by atoms with E-state index >= 15 is 0 Å². The van der Waals surface area contributed by atoms with Gasteiger partial charge in [-0.3, -0.25) is 4.79 Å². The number of hydrogen-bond acceptors (Lipinski definition) is 3. The molecule has 0 atom stereocenters. The summed E-state index contributed by atoms with van der Waals surface area (Å²) in [5.74, 6) is 0.498. The number of fused-ring (bicyclic) bond motifs is 1. The maximum absolute atomic E-state index is 12.6. The third-order valence-electron chi connectivity index (χ3n) is 4.47. The Kier molecular flexibility index (Phi) is 5.74. The van der Waals surface area contributed by atoms with Crippen LogP contribution in [0.4, 0.5) is 5.69 Å². The number of carbonyl (C=O) groups excluding carboxylic acids is 1. The van der Waals surface area contributed by atoms with Crippen molar-refractivity contribution in [2.75, 3.05) is 32.1 Å². The van der Waals surface area contributed by atoms with Crippen molar-refractivity contribution < 1.29 is 9.53 Å². The number of anilines is 1. The monoisotopic (exact) mass is 348 g/mol. The van der Waals surface area contributed by atoms with Gasteiger partial charge < -0.3 is 15.0 Å². The van der Waals surface area contributed by atoms with Crippen molar-refractivity contribution in [2.24, 2.45) is 0 Å². The summed E-state index contributed by atoms with van der Waals surface area (Å²) >= 11 is 0. The molecule has 0 aliphatic heterocycles. The lowest BCUT2D eigenvalue weighted by Gasteiger charge is -2.19. The molecule has 0 radical (unpaired) electrons. The molecule has 1 amide bonds.